The second kappa shape index (κ2) is 4.80. The zero-order valence-corrected chi connectivity index (χ0v) is 14.3. The summed E-state index contributed by atoms with van der Waals surface area (Å²) in [6.07, 6.45) is 4.61. The molecule has 4 heteroatoms. The molecule has 0 amide bonds. The molecule has 130 valence electrons. The largest absolute Gasteiger partial charge is 0.393 e. The van der Waals surface area contributed by atoms with Crippen LogP contribution in [0, 0.1) is 28.6 Å². The lowest BCUT2D eigenvalue weighted by Gasteiger charge is -2.64. The van der Waals surface area contributed by atoms with Crippen molar-refractivity contribution >= 4 is 5.78 Å². The van der Waals surface area contributed by atoms with Gasteiger partial charge in [0.25, 0.3) is 0 Å². The molecule has 0 bridgehead atoms. The SMILES string of the molecule is C[C@]12CC[C@H]3[C@@H]([C@@H](O)C[C@]4(O)C[C@H](O)CC[C@]34C)[C@@H]1CCC2=O. The summed E-state index contributed by atoms with van der Waals surface area (Å²) in [7, 11) is 0. The van der Waals surface area contributed by atoms with Crippen molar-refractivity contribution < 1.29 is 20.1 Å². The Bertz CT molecular complexity index is 533. The van der Waals surface area contributed by atoms with E-state index in [-0.39, 0.29) is 28.6 Å². The van der Waals surface area contributed by atoms with Crippen LogP contribution >= 0.6 is 0 Å². The predicted molar refractivity (Wildman–Crippen MR) is 85.6 cm³/mol. The average molecular weight is 322 g/mol. The average Bonchev–Trinajstić information content (AvgIpc) is 2.77. The molecule has 4 aliphatic carbocycles. The van der Waals surface area contributed by atoms with Crippen molar-refractivity contribution in [1.82, 2.24) is 0 Å². The molecule has 8 atom stereocenters. The maximum Gasteiger partial charge on any atom is 0.139 e. The first-order chi connectivity index (χ1) is 10.7. The molecule has 0 aromatic heterocycles. The minimum Gasteiger partial charge on any atom is -0.393 e. The molecule has 0 aromatic rings. The van der Waals surface area contributed by atoms with Gasteiger partial charge in [0.1, 0.15) is 5.78 Å². The Hall–Kier alpha value is -0.450. The summed E-state index contributed by atoms with van der Waals surface area (Å²) in [5, 5.41) is 32.3. The molecule has 4 aliphatic rings. The van der Waals surface area contributed by atoms with Crippen molar-refractivity contribution in [1.29, 1.82) is 0 Å². The van der Waals surface area contributed by atoms with Gasteiger partial charge in [0.15, 0.2) is 0 Å². The van der Waals surface area contributed by atoms with E-state index in [0.29, 0.717) is 25.0 Å². The van der Waals surface area contributed by atoms with E-state index in [4.69, 9.17) is 0 Å². The molecule has 0 radical (unpaired) electrons. The van der Waals surface area contributed by atoms with E-state index < -0.39 is 17.8 Å². The van der Waals surface area contributed by atoms with E-state index in [9.17, 15) is 20.1 Å². The van der Waals surface area contributed by atoms with Gasteiger partial charge in [-0.2, -0.15) is 0 Å². The van der Waals surface area contributed by atoms with Gasteiger partial charge in [-0.05, 0) is 55.3 Å². The quantitative estimate of drug-likeness (QED) is 0.638. The van der Waals surface area contributed by atoms with Crippen LogP contribution in [-0.4, -0.2) is 38.9 Å². The van der Waals surface area contributed by atoms with Crippen molar-refractivity contribution in [3.63, 3.8) is 0 Å². The lowest BCUT2D eigenvalue weighted by molar-refractivity contribution is -0.246. The van der Waals surface area contributed by atoms with E-state index in [1.165, 1.54) is 0 Å². The van der Waals surface area contributed by atoms with Crippen molar-refractivity contribution in [2.24, 2.45) is 28.6 Å². The Labute approximate surface area is 138 Å². The van der Waals surface area contributed by atoms with Crippen LogP contribution in [0.25, 0.3) is 0 Å². The first-order valence-electron chi connectivity index (χ1n) is 9.33. The van der Waals surface area contributed by atoms with E-state index in [0.717, 1.165) is 32.1 Å². The monoisotopic (exact) mass is 322 g/mol. The number of fused-ring (bicyclic) bond motifs is 5. The number of carbonyl (C=O) groups excluding carboxylic acids is 1. The molecule has 0 heterocycles. The molecule has 0 unspecified atom stereocenters. The number of aliphatic hydroxyl groups excluding tert-OH is 2. The zero-order chi connectivity index (χ0) is 16.6. The number of hydrogen-bond acceptors (Lipinski definition) is 4. The van der Waals surface area contributed by atoms with Gasteiger partial charge >= 0.3 is 0 Å². The van der Waals surface area contributed by atoms with Gasteiger partial charge in [-0.3, -0.25) is 4.79 Å². The Kier molecular flexibility index (Phi) is 3.35. The zero-order valence-electron chi connectivity index (χ0n) is 14.3. The van der Waals surface area contributed by atoms with Crippen molar-refractivity contribution in [2.45, 2.75) is 83.0 Å². The van der Waals surface area contributed by atoms with E-state index in [1.54, 1.807) is 0 Å². The highest BCUT2D eigenvalue weighted by molar-refractivity contribution is 5.87. The molecule has 4 fully saturated rings. The van der Waals surface area contributed by atoms with Gasteiger partial charge in [0.05, 0.1) is 17.8 Å². The van der Waals surface area contributed by atoms with Crippen LogP contribution in [-0.2, 0) is 4.79 Å². The highest BCUT2D eigenvalue weighted by atomic mass is 16.3. The van der Waals surface area contributed by atoms with Crippen LogP contribution in [0.4, 0.5) is 0 Å². The summed E-state index contributed by atoms with van der Waals surface area (Å²) in [6.45, 7) is 4.27. The van der Waals surface area contributed by atoms with Crippen LogP contribution in [0.15, 0.2) is 0 Å². The molecular weight excluding hydrogens is 292 g/mol. The summed E-state index contributed by atoms with van der Waals surface area (Å²) >= 11 is 0. The summed E-state index contributed by atoms with van der Waals surface area (Å²) < 4.78 is 0. The molecular formula is C19H30O4. The molecule has 0 aliphatic heterocycles. The summed E-state index contributed by atoms with van der Waals surface area (Å²) in [5.74, 6) is 1.02. The summed E-state index contributed by atoms with van der Waals surface area (Å²) in [5.41, 5.74) is -1.48. The lowest BCUT2D eigenvalue weighted by atomic mass is 9.43. The van der Waals surface area contributed by atoms with Gasteiger partial charge in [0.2, 0.25) is 0 Å². The minimum atomic E-state index is -0.971. The summed E-state index contributed by atoms with van der Waals surface area (Å²) in [6, 6.07) is 0. The first kappa shape index (κ1) is 16.0. The van der Waals surface area contributed by atoms with Crippen molar-refractivity contribution in [3.8, 4) is 0 Å². The van der Waals surface area contributed by atoms with E-state index in [1.807, 2.05) is 0 Å². The lowest BCUT2D eigenvalue weighted by Crippen LogP contribution is -2.66. The van der Waals surface area contributed by atoms with Crippen LogP contribution in [0.2, 0.25) is 0 Å². The standard InChI is InChI=1S/C19H30O4/c1-17-7-6-13-16(12(17)3-4-15(17)22)14(21)10-19(23)9-11(20)5-8-18(13,19)2/h11-14,16,20-21,23H,3-10H2,1-2H3/t11-,12+,13+,14+,16+,17+,18-,19-/m1/s1. The maximum absolute atomic E-state index is 12.4. The maximum atomic E-state index is 12.4. The molecule has 4 rings (SSSR count). The molecule has 23 heavy (non-hydrogen) atoms. The number of rotatable bonds is 0. The third-order valence-corrected chi connectivity index (χ3v) is 8.48. The first-order valence-corrected chi connectivity index (χ1v) is 9.33. The normalized spacial score (nSPS) is 59.2. The third kappa shape index (κ3) is 1.92. The van der Waals surface area contributed by atoms with Crippen molar-refractivity contribution in [2.75, 3.05) is 0 Å². The van der Waals surface area contributed by atoms with Gasteiger partial charge in [-0.25, -0.2) is 0 Å². The minimum absolute atomic E-state index is 0.126. The van der Waals surface area contributed by atoms with Gasteiger partial charge in [-0.15, -0.1) is 0 Å². The molecule has 4 saturated carbocycles. The van der Waals surface area contributed by atoms with Gasteiger partial charge in [-0.1, -0.05) is 13.8 Å². The Morgan fingerprint density at radius 3 is 2.48 bits per heavy atom. The van der Waals surface area contributed by atoms with Crippen molar-refractivity contribution in [3.05, 3.63) is 0 Å². The number of hydrogen-bond donors (Lipinski definition) is 3. The van der Waals surface area contributed by atoms with Gasteiger partial charge < -0.3 is 15.3 Å². The smallest absolute Gasteiger partial charge is 0.139 e. The second-order valence-corrected chi connectivity index (χ2v) is 9.33. The number of ketones is 1. The molecule has 4 nitrogen and oxygen atoms in total. The third-order valence-electron chi connectivity index (χ3n) is 8.48. The fraction of sp³-hybridized carbons (Fsp3) is 0.947. The highest BCUT2D eigenvalue weighted by Crippen LogP contribution is 2.66. The summed E-state index contributed by atoms with van der Waals surface area (Å²) in [4.78, 5) is 12.4. The predicted octanol–water partition coefficient (Wildman–Crippen LogP) is 2.04. The number of aliphatic hydroxyl groups is 3. The van der Waals surface area contributed by atoms with Crippen LogP contribution in [0.5, 0.6) is 0 Å². The fourth-order valence-electron chi connectivity index (χ4n) is 7.00. The van der Waals surface area contributed by atoms with Gasteiger partial charge in [0, 0.05) is 24.7 Å². The van der Waals surface area contributed by atoms with Crippen LogP contribution in [0.3, 0.4) is 0 Å². The highest BCUT2D eigenvalue weighted by Gasteiger charge is 2.66. The fourth-order valence-corrected chi connectivity index (χ4v) is 7.00. The van der Waals surface area contributed by atoms with E-state index in [2.05, 4.69) is 13.8 Å². The second-order valence-electron chi connectivity index (χ2n) is 9.33. The molecule has 0 spiro atoms. The molecule has 3 N–H and O–H groups in total. The molecule has 0 aromatic carbocycles. The molecule has 0 saturated heterocycles. The number of carbonyl (C=O) groups is 1. The van der Waals surface area contributed by atoms with E-state index >= 15 is 0 Å². The Morgan fingerprint density at radius 2 is 1.74 bits per heavy atom. The Morgan fingerprint density at radius 1 is 1.00 bits per heavy atom. The number of Topliss-reactive ketones (excluding diaryl/α,β-unsaturated/α-hetero) is 1. The topological polar surface area (TPSA) is 77.8 Å². The Balaban J connectivity index is 1.73. The van der Waals surface area contributed by atoms with Crippen LogP contribution < -0.4 is 0 Å². The van der Waals surface area contributed by atoms with Crippen LogP contribution in [0.1, 0.15) is 65.2 Å².